The molecule has 0 aliphatic carbocycles. The van der Waals surface area contributed by atoms with Crippen LogP contribution in [-0.4, -0.2) is 10.9 Å². The number of nitrogens with one attached hydrogen (secondary N) is 2. The highest BCUT2D eigenvalue weighted by atomic mass is 16.1. The third-order valence-electron chi connectivity index (χ3n) is 2.73. The minimum absolute atomic E-state index is 0.182. The fraction of sp³-hybridized carbons (Fsp3) is 0.143. The Balaban J connectivity index is 2.08. The van der Waals surface area contributed by atoms with Crippen molar-refractivity contribution in [2.24, 2.45) is 5.84 Å². The van der Waals surface area contributed by atoms with Gasteiger partial charge < -0.3 is 10.7 Å². The number of aryl methyl sites for hydroxylation is 1. The molecule has 0 atom stereocenters. The van der Waals surface area contributed by atoms with E-state index in [1.54, 1.807) is 12.3 Å². The summed E-state index contributed by atoms with van der Waals surface area (Å²) in [5.74, 6) is 5.24. The molecule has 0 saturated carbocycles. The standard InChI is InChI=1S/C14H16N4O/c1-10-5-6-12(13(8-10)18-15)14(19)17-9-11-4-2-3-7-16-11/h2-8,18H,9,15H2,1H3,(H,17,19). The van der Waals surface area contributed by atoms with Gasteiger partial charge in [-0.25, -0.2) is 0 Å². The smallest absolute Gasteiger partial charge is 0.253 e. The van der Waals surface area contributed by atoms with Crippen molar-refractivity contribution in [1.29, 1.82) is 0 Å². The van der Waals surface area contributed by atoms with Crippen molar-refractivity contribution in [1.82, 2.24) is 10.3 Å². The molecular formula is C14H16N4O. The molecule has 0 fully saturated rings. The third-order valence-corrected chi connectivity index (χ3v) is 2.73. The number of hydrogen-bond donors (Lipinski definition) is 3. The highest BCUT2D eigenvalue weighted by Crippen LogP contribution is 2.16. The summed E-state index contributed by atoms with van der Waals surface area (Å²) in [6.45, 7) is 2.33. The predicted molar refractivity (Wildman–Crippen MR) is 74.4 cm³/mol. The topological polar surface area (TPSA) is 80.0 Å². The molecule has 2 rings (SSSR count). The summed E-state index contributed by atoms with van der Waals surface area (Å²) >= 11 is 0. The Kier molecular flexibility index (Phi) is 4.10. The fourth-order valence-electron chi connectivity index (χ4n) is 1.74. The van der Waals surface area contributed by atoms with E-state index in [1.807, 2.05) is 37.3 Å². The van der Waals surface area contributed by atoms with Crippen LogP contribution in [0, 0.1) is 6.92 Å². The van der Waals surface area contributed by atoms with E-state index in [0.29, 0.717) is 17.8 Å². The largest absolute Gasteiger partial charge is 0.346 e. The molecule has 19 heavy (non-hydrogen) atoms. The maximum Gasteiger partial charge on any atom is 0.253 e. The molecular weight excluding hydrogens is 240 g/mol. The zero-order valence-electron chi connectivity index (χ0n) is 10.7. The van der Waals surface area contributed by atoms with Gasteiger partial charge in [0.15, 0.2) is 0 Å². The molecule has 1 aromatic heterocycles. The van der Waals surface area contributed by atoms with Crippen LogP contribution < -0.4 is 16.6 Å². The van der Waals surface area contributed by atoms with E-state index in [4.69, 9.17) is 5.84 Å². The molecule has 5 heteroatoms. The molecule has 98 valence electrons. The molecule has 0 spiro atoms. The van der Waals surface area contributed by atoms with Crippen molar-refractivity contribution in [2.45, 2.75) is 13.5 Å². The summed E-state index contributed by atoms with van der Waals surface area (Å²) in [6.07, 6.45) is 1.69. The number of anilines is 1. The van der Waals surface area contributed by atoms with Gasteiger partial charge in [-0.05, 0) is 36.8 Å². The number of nitrogens with two attached hydrogens (primary N) is 1. The van der Waals surface area contributed by atoms with Crippen LogP contribution in [0.15, 0.2) is 42.6 Å². The highest BCUT2D eigenvalue weighted by Gasteiger charge is 2.10. The molecule has 1 amide bonds. The highest BCUT2D eigenvalue weighted by molar-refractivity contribution is 5.99. The van der Waals surface area contributed by atoms with Crippen molar-refractivity contribution in [3.8, 4) is 0 Å². The Morgan fingerprint density at radius 2 is 2.16 bits per heavy atom. The first-order chi connectivity index (χ1) is 9.20. The molecule has 2 aromatic rings. The average Bonchev–Trinajstić information content (AvgIpc) is 2.45. The lowest BCUT2D eigenvalue weighted by atomic mass is 10.1. The molecule has 4 N–H and O–H groups in total. The number of amides is 1. The molecule has 0 radical (unpaired) electrons. The summed E-state index contributed by atoms with van der Waals surface area (Å²) < 4.78 is 0. The van der Waals surface area contributed by atoms with Gasteiger partial charge in [0.25, 0.3) is 5.91 Å². The Hall–Kier alpha value is -2.40. The van der Waals surface area contributed by atoms with E-state index >= 15 is 0 Å². The Morgan fingerprint density at radius 1 is 1.32 bits per heavy atom. The number of hydrazine groups is 1. The van der Waals surface area contributed by atoms with Crippen molar-refractivity contribution < 1.29 is 4.79 Å². The molecule has 0 aliphatic heterocycles. The maximum atomic E-state index is 12.1. The number of aromatic nitrogens is 1. The van der Waals surface area contributed by atoms with Crippen LogP contribution in [0.25, 0.3) is 0 Å². The third kappa shape index (κ3) is 3.29. The lowest BCUT2D eigenvalue weighted by Crippen LogP contribution is -2.25. The van der Waals surface area contributed by atoms with Crippen LogP contribution in [0.5, 0.6) is 0 Å². The number of hydrogen-bond acceptors (Lipinski definition) is 4. The Bertz CT molecular complexity index is 569. The van der Waals surface area contributed by atoms with Crippen LogP contribution in [0.1, 0.15) is 21.6 Å². The minimum Gasteiger partial charge on any atom is -0.346 e. The number of carbonyl (C=O) groups is 1. The van der Waals surface area contributed by atoms with Gasteiger partial charge in [0.05, 0.1) is 23.5 Å². The van der Waals surface area contributed by atoms with Gasteiger partial charge in [0.1, 0.15) is 0 Å². The van der Waals surface area contributed by atoms with Gasteiger partial charge in [-0.15, -0.1) is 0 Å². The molecule has 1 heterocycles. The number of rotatable bonds is 4. The summed E-state index contributed by atoms with van der Waals surface area (Å²) in [5, 5.41) is 2.81. The summed E-state index contributed by atoms with van der Waals surface area (Å²) in [6, 6.07) is 11.0. The van der Waals surface area contributed by atoms with Crippen LogP contribution in [0.2, 0.25) is 0 Å². The van der Waals surface area contributed by atoms with Crippen LogP contribution >= 0.6 is 0 Å². The number of carbonyl (C=O) groups excluding carboxylic acids is 1. The zero-order valence-corrected chi connectivity index (χ0v) is 10.7. The first-order valence-electron chi connectivity index (χ1n) is 5.96. The molecule has 5 nitrogen and oxygen atoms in total. The van der Waals surface area contributed by atoms with E-state index in [2.05, 4.69) is 15.7 Å². The number of benzene rings is 1. The molecule has 1 aromatic carbocycles. The maximum absolute atomic E-state index is 12.1. The van der Waals surface area contributed by atoms with Gasteiger partial charge in [-0.2, -0.15) is 0 Å². The second-order valence-corrected chi connectivity index (χ2v) is 4.20. The number of pyridine rings is 1. The van der Waals surface area contributed by atoms with Crippen LogP contribution in [-0.2, 0) is 6.54 Å². The van der Waals surface area contributed by atoms with Gasteiger partial charge in [-0.3, -0.25) is 15.6 Å². The lowest BCUT2D eigenvalue weighted by Gasteiger charge is -2.10. The van der Waals surface area contributed by atoms with E-state index in [9.17, 15) is 4.79 Å². The van der Waals surface area contributed by atoms with E-state index in [0.717, 1.165) is 11.3 Å². The first-order valence-corrected chi connectivity index (χ1v) is 5.96. The second kappa shape index (κ2) is 5.97. The number of nitrogens with zero attached hydrogens (tertiary/aromatic N) is 1. The molecule has 0 aliphatic rings. The summed E-state index contributed by atoms with van der Waals surface area (Å²) in [4.78, 5) is 16.2. The normalized spacial score (nSPS) is 10.0. The lowest BCUT2D eigenvalue weighted by molar-refractivity contribution is 0.0951. The first kappa shape index (κ1) is 13.0. The monoisotopic (exact) mass is 256 g/mol. The Morgan fingerprint density at radius 3 is 2.84 bits per heavy atom. The fourth-order valence-corrected chi connectivity index (χ4v) is 1.74. The van der Waals surface area contributed by atoms with Crippen molar-refractivity contribution in [2.75, 3.05) is 5.43 Å². The Labute approximate surface area is 111 Å². The molecule has 0 unspecified atom stereocenters. The van der Waals surface area contributed by atoms with Gasteiger partial charge >= 0.3 is 0 Å². The van der Waals surface area contributed by atoms with Crippen molar-refractivity contribution in [3.05, 3.63) is 59.4 Å². The average molecular weight is 256 g/mol. The van der Waals surface area contributed by atoms with E-state index in [1.165, 1.54) is 0 Å². The predicted octanol–water partition coefficient (Wildman–Crippen LogP) is 1.61. The van der Waals surface area contributed by atoms with E-state index < -0.39 is 0 Å². The van der Waals surface area contributed by atoms with Crippen molar-refractivity contribution in [3.63, 3.8) is 0 Å². The number of nitrogen functional groups attached to an aromatic ring is 1. The van der Waals surface area contributed by atoms with Crippen LogP contribution in [0.3, 0.4) is 0 Å². The summed E-state index contributed by atoms with van der Waals surface area (Å²) in [7, 11) is 0. The van der Waals surface area contributed by atoms with E-state index in [-0.39, 0.29) is 5.91 Å². The van der Waals surface area contributed by atoms with Crippen LogP contribution in [0.4, 0.5) is 5.69 Å². The minimum atomic E-state index is -0.182. The van der Waals surface area contributed by atoms with Gasteiger partial charge in [-0.1, -0.05) is 12.1 Å². The SMILES string of the molecule is Cc1ccc(C(=O)NCc2ccccn2)c(NN)c1. The zero-order chi connectivity index (χ0) is 13.7. The van der Waals surface area contributed by atoms with Gasteiger partial charge in [0, 0.05) is 6.20 Å². The van der Waals surface area contributed by atoms with Gasteiger partial charge in [0.2, 0.25) is 0 Å². The quantitative estimate of drug-likeness (QED) is 0.573. The summed E-state index contributed by atoms with van der Waals surface area (Å²) in [5.41, 5.74) is 5.51. The second-order valence-electron chi connectivity index (χ2n) is 4.20. The molecule has 0 saturated heterocycles. The molecule has 0 bridgehead atoms. The van der Waals surface area contributed by atoms with Crippen molar-refractivity contribution >= 4 is 11.6 Å².